The third kappa shape index (κ3) is 2.96. The first-order valence-electron chi connectivity index (χ1n) is 6.48. The topological polar surface area (TPSA) is 84.5 Å². The minimum atomic E-state index is -3.45. The Morgan fingerprint density at radius 1 is 1.37 bits per heavy atom. The van der Waals surface area contributed by atoms with Gasteiger partial charge >= 0.3 is 0 Å². The van der Waals surface area contributed by atoms with Crippen LogP contribution in [0.4, 0.5) is 0 Å². The average Bonchev–Trinajstić information content (AvgIpc) is 2.66. The maximum atomic E-state index is 11.9. The minimum absolute atomic E-state index is 0.0381. The molecule has 1 atom stereocenters. The minimum Gasteiger partial charge on any atom is -0.328 e. The molecule has 0 spiro atoms. The second kappa shape index (κ2) is 5.71. The van der Waals surface area contributed by atoms with E-state index < -0.39 is 10.0 Å². The lowest BCUT2D eigenvalue weighted by molar-refractivity contribution is 0.584. The van der Waals surface area contributed by atoms with Crippen molar-refractivity contribution in [1.82, 2.24) is 4.72 Å². The van der Waals surface area contributed by atoms with Gasteiger partial charge in [-0.3, -0.25) is 9.71 Å². The van der Waals surface area contributed by atoms with Gasteiger partial charge in [0.25, 0.3) is 10.0 Å². The van der Waals surface area contributed by atoms with Crippen molar-refractivity contribution in [2.45, 2.75) is 37.1 Å². The van der Waals surface area contributed by atoms with Crippen molar-refractivity contribution >= 4 is 15.9 Å². The predicted molar refractivity (Wildman–Crippen MR) is 75.7 cm³/mol. The van der Waals surface area contributed by atoms with Crippen LogP contribution in [-0.4, -0.2) is 26.8 Å². The molecule has 1 aromatic carbocycles. The van der Waals surface area contributed by atoms with Crippen molar-refractivity contribution in [3.63, 3.8) is 0 Å². The molecule has 104 valence electrons. The Hall–Kier alpha value is -1.40. The monoisotopic (exact) mass is 281 g/mol. The smallest absolute Gasteiger partial charge is 0.263 e. The summed E-state index contributed by atoms with van der Waals surface area (Å²) in [5.41, 5.74) is 6.33. The summed E-state index contributed by atoms with van der Waals surface area (Å²) < 4.78 is 26.4. The first-order valence-corrected chi connectivity index (χ1v) is 7.97. The summed E-state index contributed by atoms with van der Waals surface area (Å²) in [6.07, 6.45) is 2.98. The molecule has 1 heterocycles. The fourth-order valence-electron chi connectivity index (χ4n) is 2.09. The van der Waals surface area contributed by atoms with E-state index in [0.29, 0.717) is 22.8 Å². The van der Waals surface area contributed by atoms with Crippen molar-refractivity contribution < 1.29 is 8.42 Å². The van der Waals surface area contributed by atoms with Crippen LogP contribution in [0.25, 0.3) is 0 Å². The summed E-state index contributed by atoms with van der Waals surface area (Å²) in [7, 11) is -3.45. The molecule has 1 aliphatic rings. The van der Waals surface area contributed by atoms with Crippen LogP contribution in [-0.2, 0) is 10.0 Å². The van der Waals surface area contributed by atoms with E-state index in [0.717, 1.165) is 19.3 Å². The number of rotatable bonds is 5. The molecule has 0 amide bonds. The number of hydrogen-bond donors (Lipinski definition) is 2. The SMILES string of the molecule is CCCCC(CN)N=C1NS(=O)(=O)c2ccccc21. The Balaban J connectivity index is 2.32. The number of hydrogen-bond acceptors (Lipinski definition) is 4. The molecule has 1 aromatic rings. The average molecular weight is 281 g/mol. The molecular weight excluding hydrogens is 262 g/mol. The van der Waals surface area contributed by atoms with Gasteiger partial charge in [0.2, 0.25) is 0 Å². The van der Waals surface area contributed by atoms with Crippen LogP contribution >= 0.6 is 0 Å². The second-order valence-electron chi connectivity index (χ2n) is 4.61. The predicted octanol–water partition coefficient (Wildman–Crippen LogP) is 1.24. The zero-order valence-electron chi connectivity index (χ0n) is 11.0. The van der Waals surface area contributed by atoms with Crippen LogP contribution in [0.5, 0.6) is 0 Å². The summed E-state index contributed by atoms with van der Waals surface area (Å²) in [6.45, 7) is 2.53. The van der Waals surface area contributed by atoms with E-state index >= 15 is 0 Å². The normalized spacial score (nSPS) is 20.0. The van der Waals surface area contributed by atoms with Crippen LogP contribution in [0, 0.1) is 0 Å². The molecular formula is C13H19N3O2S. The number of fused-ring (bicyclic) bond motifs is 1. The van der Waals surface area contributed by atoms with Crippen LogP contribution in [0.15, 0.2) is 34.2 Å². The second-order valence-corrected chi connectivity index (χ2v) is 6.26. The van der Waals surface area contributed by atoms with E-state index in [1.807, 2.05) is 0 Å². The van der Waals surface area contributed by atoms with Crippen molar-refractivity contribution in [3.05, 3.63) is 29.8 Å². The van der Waals surface area contributed by atoms with Crippen molar-refractivity contribution in [3.8, 4) is 0 Å². The number of amidine groups is 1. The standard InChI is InChI=1S/C13H19N3O2S/c1-2-3-6-10(9-14)15-13-11-7-4-5-8-12(11)19(17,18)16-13/h4-5,7-8,10H,2-3,6,9,14H2,1H3,(H,15,16). The molecule has 19 heavy (non-hydrogen) atoms. The highest BCUT2D eigenvalue weighted by Gasteiger charge is 2.30. The van der Waals surface area contributed by atoms with Crippen LogP contribution in [0.1, 0.15) is 31.7 Å². The number of nitrogens with zero attached hydrogens (tertiary/aromatic N) is 1. The number of nitrogens with two attached hydrogens (primary N) is 1. The van der Waals surface area contributed by atoms with Gasteiger partial charge in [0.05, 0.1) is 10.9 Å². The molecule has 2 rings (SSSR count). The fraction of sp³-hybridized carbons (Fsp3) is 0.462. The molecule has 1 unspecified atom stereocenters. The lowest BCUT2D eigenvalue weighted by Crippen LogP contribution is -2.27. The maximum absolute atomic E-state index is 11.9. The van der Waals surface area contributed by atoms with Gasteiger partial charge in [0.1, 0.15) is 5.84 Å². The Morgan fingerprint density at radius 3 is 2.79 bits per heavy atom. The first kappa shape index (κ1) is 14.0. The van der Waals surface area contributed by atoms with E-state index in [2.05, 4.69) is 16.6 Å². The lowest BCUT2D eigenvalue weighted by Gasteiger charge is -2.10. The maximum Gasteiger partial charge on any atom is 0.263 e. The van der Waals surface area contributed by atoms with Crippen molar-refractivity contribution in [2.75, 3.05) is 6.54 Å². The molecule has 0 radical (unpaired) electrons. The molecule has 0 saturated heterocycles. The van der Waals surface area contributed by atoms with E-state index in [9.17, 15) is 8.42 Å². The van der Waals surface area contributed by atoms with Gasteiger partial charge in [-0.1, -0.05) is 31.9 Å². The zero-order valence-corrected chi connectivity index (χ0v) is 11.8. The summed E-state index contributed by atoms with van der Waals surface area (Å²) in [5, 5.41) is 0. The molecule has 6 heteroatoms. The van der Waals surface area contributed by atoms with Gasteiger partial charge in [0.15, 0.2) is 0 Å². The van der Waals surface area contributed by atoms with Gasteiger partial charge in [-0.25, -0.2) is 8.42 Å². The lowest BCUT2D eigenvalue weighted by atomic mass is 10.1. The molecule has 1 aliphatic heterocycles. The summed E-state index contributed by atoms with van der Waals surface area (Å²) in [5.74, 6) is 0.419. The number of aliphatic imine (C=N–C) groups is 1. The third-order valence-electron chi connectivity index (χ3n) is 3.14. The molecule has 5 nitrogen and oxygen atoms in total. The number of nitrogens with one attached hydrogen (secondary N) is 1. The van der Waals surface area contributed by atoms with Gasteiger partial charge in [-0.15, -0.1) is 0 Å². The first-order chi connectivity index (χ1) is 9.08. The highest BCUT2D eigenvalue weighted by atomic mass is 32.2. The zero-order chi connectivity index (χ0) is 13.9. The van der Waals surface area contributed by atoms with Gasteiger partial charge < -0.3 is 5.73 Å². The van der Waals surface area contributed by atoms with E-state index in [1.165, 1.54) is 0 Å². The number of sulfonamides is 1. The molecule has 0 aliphatic carbocycles. The quantitative estimate of drug-likeness (QED) is 0.851. The summed E-state index contributed by atoms with van der Waals surface area (Å²) >= 11 is 0. The fourth-order valence-corrected chi connectivity index (χ4v) is 3.33. The van der Waals surface area contributed by atoms with Crippen molar-refractivity contribution in [2.24, 2.45) is 10.7 Å². The highest BCUT2D eigenvalue weighted by molar-refractivity contribution is 7.90. The Morgan fingerprint density at radius 2 is 2.11 bits per heavy atom. The summed E-state index contributed by atoms with van der Waals surface area (Å²) in [4.78, 5) is 4.76. The molecule has 3 N–H and O–H groups in total. The van der Waals surface area contributed by atoms with Gasteiger partial charge in [0, 0.05) is 12.1 Å². The van der Waals surface area contributed by atoms with E-state index in [1.54, 1.807) is 24.3 Å². The van der Waals surface area contributed by atoms with Crippen molar-refractivity contribution in [1.29, 1.82) is 0 Å². The highest BCUT2D eigenvalue weighted by Crippen LogP contribution is 2.22. The molecule has 0 saturated carbocycles. The van der Waals surface area contributed by atoms with Gasteiger partial charge in [-0.05, 0) is 18.6 Å². The van der Waals surface area contributed by atoms with Gasteiger partial charge in [-0.2, -0.15) is 0 Å². The summed E-state index contributed by atoms with van der Waals surface area (Å²) in [6, 6.07) is 6.82. The van der Waals surface area contributed by atoms with Crippen LogP contribution < -0.4 is 10.5 Å². The molecule has 0 aromatic heterocycles. The third-order valence-corrected chi connectivity index (χ3v) is 4.53. The number of benzene rings is 1. The Labute approximate surface area is 114 Å². The van der Waals surface area contributed by atoms with Crippen LogP contribution in [0.3, 0.4) is 0 Å². The molecule has 0 bridgehead atoms. The van der Waals surface area contributed by atoms with Crippen LogP contribution in [0.2, 0.25) is 0 Å². The number of unbranched alkanes of at least 4 members (excludes halogenated alkanes) is 1. The largest absolute Gasteiger partial charge is 0.328 e. The van der Waals surface area contributed by atoms with E-state index in [4.69, 9.17) is 5.73 Å². The Kier molecular flexibility index (Phi) is 4.21. The Bertz CT molecular complexity index is 581. The van der Waals surface area contributed by atoms with E-state index in [-0.39, 0.29) is 6.04 Å². The molecule has 0 fully saturated rings.